The molecular weight excluding hydrogens is 144 g/mol. The molecule has 1 atom stereocenters. The molecule has 0 aliphatic carbocycles. The van der Waals surface area contributed by atoms with Crippen LogP contribution in [-0.4, -0.2) is 22.3 Å². The molecular formula is C8H14O3. The Morgan fingerprint density at radius 2 is 2.18 bits per heavy atom. The Kier molecular flexibility index (Phi) is 5.47. The summed E-state index contributed by atoms with van der Waals surface area (Å²) in [4.78, 5) is 10.00. The molecule has 11 heavy (non-hydrogen) atoms. The third-order valence-electron chi connectivity index (χ3n) is 1.34. The van der Waals surface area contributed by atoms with Crippen molar-refractivity contribution in [3.8, 4) is 0 Å². The maximum atomic E-state index is 10.00. The summed E-state index contributed by atoms with van der Waals surface area (Å²) < 4.78 is 0. The predicted octanol–water partition coefficient (Wildman–Crippen LogP) is 1.18. The minimum Gasteiger partial charge on any atom is -0.481 e. The highest BCUT2D eigenvalue weighted by Crippen LogP contribution is 1.97. The number of hydrogen-bond acceptors (Lipinski definition) is 2. The molecule has 0 bridgehead atoms. The number of carboxylic acid groups (broad SMARTS) is 1. The van der Waals surface area contributed by atoms with Gasteiger partial charge in [-0.15, -0.1) is 0 Å². The van der Waals surface area contributed by atoms with Crippen LogP contribution in [0.4, 0.5) is 0 Å². The maximum Gasteiger partial charge on any atom is 0.307 e. The van der Waals surface area contributed by atoms with Crippen molar-refractivity contribution in [2.45, 2.75) is 32.3 Å². The fourth-order valence-corrected chi connectivity index (χ4v) is 0.604. The molecule has 0 heterocycles. The van der Waals surface area contributed by atoms with Gasteiger partial charge in [0.2, 0.25) is 0 Å². The molecule has 0 saturated carbocycles. The molecule has 0 aromatic heterocycles. The normalized spacial score (nSPS) is 13.6. The van der Waals surface area contributed by atoms with Crippen LogP contribution in [0, 0.1) is 0 Å². The Morgan fingerprint density at radius 3 is 2.64 bits per heavy atom. The van der Waals surface area contributed by atoms with Gasteiger partial charge in [-0.2, -0.15) is 0 Å². The molecule has 0 aliphatic heterocycles. The molecule has 0 fully saturated rings. The molecule has 3 nitrogen and oxygen atoms in total. The molecule has 0 rings (SSSR count). The van der Waals surface area contributed by atoms with Crippen molar-refractivity contribution < 1.29 is 15.0 Å². The Morgan fingerprint density at radius 1 is 1.55 bits per heavy atom. The van der Waals surface area contributed by atoms with E-state index in [0.717, 1.165) is 0 Å². The van der Waals surface area contributed by atoms with Crippen LogP contribution in [0.5, 0.6) is 0 Å². The van der Waals surface area contributed by atoms with Crippen molar-refractivity contribution in [3.05, 3.63) is 12.2 Å². The highest BCUT2D eigenvalue weighted by molar-refractivity contribution is 5.68. The lowest BCUT2D eigenvalue weighted by Gasteiger charge is -2.00. The second kappa shape index (κ2) is 5.92. The summed E-state index contributed by atoms with van der Waals surface area (Å²) in [6.45, 7) is 1.88. The van der Waals surface area contributed by atoms with Crippen molar-refractivity contribution in [3.63, 3.8) is 0 Å². The molecule has 0 aromatic rings. The van der Waals surface area contributed by atoms with E-state index in [1.807, 2.05) is 6.92 Å². The molecule has 2 N–H and O–H groups in total. The van der Waals surface area contributed by atoms with E-state index >= 15 is 0 Å². The van der Waals surface area contributed by atoms with Crippen LogP contribution in [0.3, 0.4) is 0 Å². The average molecular weight is 158 g/mol. The fraction of sp³-hybridized carbons (Fsp3) is 0.625. The van der Waals surface area contributed by atoms with E-state index in [9.17, 15) is 4.79 Å². The van der Waals surface area contributed by atoms with E-state index < -0.39 is 5.97 Å². The number of rotatable bonds is 5. The number of aliphatic carboxylic acids is 1. The van der Waals surface area contributed by atoms with Crippen molar-refractivity contribution in [1.29, 1.82) is 0 Å². The molecule has 0 aliphatic rings. The predicted molar refractivity (Wildman–Crippen MR) is 42.3 cm³/mol. The summed E-state index contributed by atoms with van der Waals surface area (Å²) in [6, 6.07) is 0. The van der Waals surface area contributed by atoms with Crippen LogP contribution in [0.25, 0.3) is 0 Å². The highest BCUT2D eigenvalue weighted by atomic mass is 16.4. The average Bonchev–Trinajstić information content (AvgIpc) is 1.97. The van der Waals surface area contributed by atoms with E-state index in [2.05, 4.69) is 0 Å². The molecule has 0 saturated heterocycles. The largest absolute Gasteiger partial charge is 0.481 e. The van der Waals surface area contributed by atoms with Gasteiger partial charge in [0, 0.05) is 0 Å². The number of aliphatic hydroxyl groups is 1. The number of aliphatic hydroxyl groups excluding tert-OH is 1. The Labute approximate surface area is 66.4 Å². The van der Waals surface area contributed by atoms with Gasteiger partial charge in [-0.3, -0.25) is 4.79 Å². The fourth-order valence-electron chi connectivity index (χ4n) is 0.604. The first-order chi connectivity index (χ1) is 5.16. The number of carboxylic acids is 1. The zero-order valence-electron chi connectivity index (χ0n) is 6.66. The molecule has 3 heteroatoms. The van der Waals surface area contributed by atoms with Gasteiger partial charge in [0.25, 0.3) is 0 Å². The molecule has 0 radical (unpaired) electrons. The third-order valence-corrected chi connectivity index (χ3v) is 1.34. The van der Waals surface area contributed by atoms with Crippen molar-refractivity contribution >= 4 is 5.97 Å². The number of hydrogen-bond donors (Lipinski definition) is 2. The van der Waals surface area contributed by atoms with Crippen LogP contribution in [0.15, 0.2) is 12.2 Å². The van der Waals surface area contributed by atoms with Crippen molar-refractivity contribution in [2.75, 3.05) is 0 Å². The third kappa shape index (κ3) is 7.06. The minimum atomic E-state index is -0.841. The quantitative estimate of drug-likeness (QED) is 0.590. The van der Waals surface area contributed by atoms with Gasteiger partial charge < -0.3 is 10.2 Å². The van der Waals surface area contributed by atoms with Gasteiger partial charge in [-0.1, -0.05) is 19.1 Å². The van der Waals surface area contributed by atoms with Crippen LogP contribution in [0.2, 0.25) is 0 Å². The van der Waals surface area contributed by atoms with Crippen LogP contribution in [0.1, 0.15) is 26.2 Å². The second-order valence-electron chi connectivity index (χ2n) is 2.37. The summed E-state index contributed by atoms with van der Waals surface area (Å²) in [5, 5.41) is 17.2. The summed E-state index contributed by atoms with van der Waals surface area (Å²) in [7, 11) is 0. The van der Waals surface area contributed by atoms with Gasteiger partial charge in [0.05, 0.1) is 12.5 Å². The van der Waals surface area contributed by atoms with E-state index in [1.54, 1.807) is 12.2 Å². The smallest absolute Gasteiger partial charge is 0.307 e. The number of carbonyl (C=O) groups is 1. The molecule has 0 amide bonds. The van der Waals surface area contributed by atoms with Gasteiger partial charge in [-0.05, 0) is 12.8 Å². The zero-order valence-corrected chi connectivity index (χ0v) is 6.66. The summed E-state index contributed by atoms with van der Waals surface area (Å²) in [5.74, 6) is -0.841. The second-order valence-corrected chi connectivity index (χ2v) is 2.37. The van der Waals surface area contributed by atoms with Gasteiger partial charge in [0.15, 0.2) is 0 Å². The van der Waals surface area contributed by atoms with E-state index in [1.165, 1.54) is 0 Å². The molecule has 1 unspecified atom stereocenters. The SMILES string of the molecule is CCC(O)C/C=C/CC(=O)O. The molecule has 0 aromatic carbocycles. The lowest BCUT2D eigenvalue weighted by atomic mass is 10.2. The topological polar surface area (TPSA) is 57.5 Å². The summed E-state index contributed by atoms with van der Waals surface area (Å²) in [6.07, 6.45) is 4.21. The van der Waals surface area contributed by atoms with Crippen LogP contribution in [-0.2, 0) is 4.79 Å². The Hall–Kier alpha value is -0.830. The molecule has 0 spiro atoms. The van der Waals surface area contributed by atoms with E-state index in [-0.39, 0.29) is 12.5 Å². The Bertz CT molecular complexity index is 140. The summed E-state index contributed by atoms with van der Waals surface area (Å²) >= 11 is 0. The van der Waals surface area contributed by atoms with Gasteiger partial charge >= 0.3 is 5.97 Å². The van der Waals surface area contributed by atoms with Gasteiger partial charge in [-0.25, -0.2) is 0 Å². The minimum absolute atomic E-state index is 0.0381. The monoisotopic (exact) mass is 158 g/mol. The van der Waals surface area contributed by atoms with Crippen LogP contribution < -0.4 is 0 Å². The standard InChI is InChI=1S/C8H14O3/c1-2-7(9)5-3-4-6-8(10)11/h3-4,7,9H,2,5-6H2,1H3,(H,10,11)/b4-3+. The Balaban J connectivity index is 3.36. The zero-order chi connectivity index (χ0) is 8.69. The van der Waals surface area contributed by atoms with E-state index in [0.29, 0.717) is 12.8 Å². The van der Waals surface area contributed by atoms with Gasteiger partial charge in [0.1, 0.15) is 0 Å². The first-order valence-corrected chi connectivity index (χ1v) is 3.71. The van der Waals surface area contributed by atoms with Crippen molar-refractivity contribution in [2.24, 2.45) is 0 Å². The maximum absolute atomic E-state index is 10.00. The highest BCUT2D eigenvalue weighted by Gasteiger charge is 1.95. The summed E-state index contributed by atoms with van der Waals surface area (Å²) in [5.41, 5.74) is 0. The first-order valence-electron chi connectivity index (χ1n) is 3.71. The van der Waals surface area contributed by atoms with Crippen molar-refractivity contribution in [1.82, 2.24) is 0 Å². The van der Waals surface area contributed by atoms with Crippen LogP contribution >= 0.6 is 0 Å². The first kappa shape index (κ1) is 10.2. The van der Waals surface area contributed by atoms with E-state index in [4.69, 9.17) is 10.2 Å². The molecule has 64 valence electrons. The lowest BCUT2D eigenvalue weighted by molar-refractivity contribution is -0.136. The lowest BCUT2D eigenvalue weighted by Crippen LogP contribution is -2.01.